The monoisotopic (exact) mass is 499 g/mol. The maximum Gasteiger partial charge on any atom is 0.335 e. The zero-order chi connectivity index (χ0) is 21.4. The molecule has 5 nitrogen and oxygen atoms in total. The Balaban J connectivity index is 1.63. The molecule has 0 unspecified atom stereocenters. The van der Waals surface area contributed by atoms with Crippen molar-refractivity contribution in [2.75, 3.05) is 4.90 Å². The Morgan fingerprint density at radius 2 is 1.90 bits per heavy atom. The minimum Gasteiger partial charge on any atom is -0.478 e. The maximum atomic E-state index is 12.9. The van der Waals surface area contributed by atoms with E-state index in [0.29, 0.717) is 32.0 Å². The Morgan fingerprint density at radius 3 is 2.60 bits per heavy atom. The van der Waals surface area contributed by atoms with E-state index in [4.69, 9.17) is 16.6 Å². The van der Waals surface area contributed by atoms with E-state index in [1.165, 1.54) is 16.7 Å². The highest BCUT2D eigenvalue weighted by Gasteiger charge is 2.33. The zero-order valence-electron chi connectivity index (χ0n) is 15.6. The second-order valence-electron chi connectivity index (χ2n) is 6.53. The van der Waals surface area contributed by atoms with Gasteiger partial charge in [0.25, 0.3) is 5.91 Å². The van der Waals surface area contributed by atoms with Gasteiger partial charge in [0, 0.05) is 16.1 Å². The van der Waals surface area contributed by atoms with Crippen LogP contribution in [0.3, 0.4) is 0 Å². The molecule has 8 heteroatoms. The Bertz CT molecular complexity index is 1210. The fraction of sp³-hybridized carbons (Fsp3) is 0.0455. The lowest BCUT2D eigenvalue weighted by Gasteiger charge is -2.14. The highest BCUT2D eigenvalue weighted by atomic mass is 79.9. The Labute approximate surface area is 190 Å². The molecule has 1 aliphatic rings. The first-order valence-corrected chi connectivity index (χ1v) is 10.8. The minimum atomic E-state index is -1.00. The van der Waals surface area contributed by atoms with E-state index in [0.717, 1.165) is 10.0 Å². The van der Waals surface area contributed by atoms with Crippen LogP contribution in [0.5, 0.6) is 0 Å². The molecular weight excluding hydrogens is 486 g/mol. The molecule has 1 amide bonds. The molecule has 150 valence electrons. The van der Waals surface area contributed by atoms with Gasteiger partial charge in [-0.3, -0.25) is 9.69 Å². The fourth-order valence-electron chi connectivity index (χ4n) is 3.01. The number of thiocarbonyl (C=S) groups is 1. The Kier molecular flexibility index (Phi) is 5.64. The molecule has 1 aliphatic heterocycles. The molecule has 0 aliphatic carbocycles. The van der Waals surface area contributed by atoms with Crippen LogP contribution in [0.2, 0.25) is 0 Å². The van der Waals surface area contributed by atoms with Gasteiger partial charge in [0.2, 0.25) is 0 Å². The van der Waals surface area contributed by atoms with Crippen molar-refractivity contribution in [3.63, 3.8) is 0 Å². The Hall–Kier alpha value is -2.68. The molecule has 2 heterocycles. The molecule has 30 heavy (non-hydrogen) atoms. The van der Waals surface area contributed by atoms with Gasteiger partial charge >= 0.3 is 5.97 Å². The number of anilines is 1. The second-order valence-corrected chi connectivity index (χ2v) is 9.12. The van der Waals surface area contributed by atoms with Gasteiger partial charge in [0.15, 0.2) is 4.32 Å². The van der Waals surface area contributed by atoms with E-state index >= 15 is 0 Å². The summed E-state index contributed by atoms with van der Waals surface area (Å²) in [7, 11) is 0. The number of aromatic carboxylic acids is 1. The molecule has 0 bridgehead atoms. The van der Waals surface area contributed by atoms with Gasteiger partial charge in [0.1, 0.15) is 11.5 Å². The highest BCUT2D eigenvalue weighted by Crippen LogP contribution is 2.37. The van der Waals surface area contributed by atoms with Crippen LogP contribution in [-0.2, 0) is 4.79 Å². The van der Waals surface area contributed by atoms with Crippen LogP contribution < -0.4 is 4.90 Å². The van der Waals surface area contributed by atoms with Crippen molar-refractivity contribution >= 4 is 67.9 Å². The molecule has 1 aromatic heterocycles. The molecule has 3 aromatic rings. The predicted octanol–water partition coefficient (Wildman–Crippen LogP) is 6.12. The SMILES string of the molecule is Cc1ccc(C(=O)O)cc1-c1ccc(/C=C2\SC(=S)N(c3ccc(Br)cc3)C2=O)o1. The van der Waals surface area contributed by atoms with Crippen LogP contribution in [-0.4, -0.2) is 21.3 Å². The van der Waals surface area contributed by atoms with Gasteiger partial charge in [0.05, 0.1) is 16.2 Å². The van der Waals surface area contributed by atoms with Gasteiger partial charge in [-0.1, -0.05) is 46.0 Å². The van der Waals surface area contributed by atoms with Crippen LogP contribution >= 0.6 is 39.9 Å². The lowest BCUT2D eigenvalue weighted by atomic mass is 10.0. The van der Waals surface area contributed by atoms with Crippen molar-refractivity contribution in [1.29, 1.82) is 0 Å². The largest absolute Gasteiger partial charge is 0.478 e. The lowest BCUT2D eigenvalue weighted by molar-refractivity contribution is -0.113. The third-order valence-corrected chi connectivity index (χ3v) is 6.36. The topological polar surface area (TPSA) is 70.8 Å². The predicted molar refractivity (Wildman–Crippen MR) is 126 cm³/mol. The molecule has 4 rings (SSSR count). The number of halogens is 1. The minimum absolute atomic E-state index is 0.184. The highest BCUT2D eigenvalue weighted by molar-refractivity contribution is 9.10. The molecule has 2 aromatic carbocycles. The van der Waals surface area contributed by atoms with Gasteiger partial charge in [-0.05, 0) is 61.0 Å². The van der Waals surface area contributed by atoms with Gasteiger partial charge in [-0.2, -0.15) is 0 Å². The number of furan rings is 1. The molecule has 0 spiro atoms. The summed E-state index contributed by atoms with van der Waals surface area (Å²) < 4.78 is 7.25. The van der Waals surface area contributed by atoms with E-state index in [1.807, 2.05) is 31.2 Å². The molecule has 0 saturated carbocycles. The normalized spacial score (nSPS) is 15.3. The number of aryl methyl sites for hydroxylation is 1. The van der Waals surface area contributed by atoms with Gasteiger partial charge in [-0.25, -0.2) is 4.79 Å². The van der Waals surface area contributed by atoms with Crippen LogP contribution in [0.25, 0.3) is 17.4 Å². The first-order valence-electron chi connectivity index (χ1n) is 8.81. The van der Waals surface area contributed by atoms with Crippen LogP contribution in [0.1, 0.15) is 21.7 Å². The summed E-state index contributed by atoms with van der Waals surface area (Å²) >= 11 is 9.98. The third kappa shape index (κ3) is 3.98. The first-order chi connectivity index (χ1) is 14.3. The molecule has 0 radical (unpaired) electrons. The van der Waals surface area contributed by atoms with Crippen molar-refractivity contribution in [2.45, 2.75) is 6.92 Å². The average molecular weight is 500 g/mol. The summed E-state index contributed by atoms with van der Waals surface area (Å²) in [4.78, 5) is 26.1. The number of carboxylic acids is 1. The first kappa shape index (κ1) is 20.6. The summed E-state index contributed by atoms with van der Waals surface area (Å²) in [5.41, 5.74) is 2.47. The molecule has 1 fully saturated rings. The number of hydrogen-bond donors (Lipinski definition) is 1. The number of thioether (sulfide) groups is 1. The second kappa shape index (κ2) is 8.22. The quantitative estimate of drug-likeness (QED) is 0.344. The summed E-state index contributed by atoms with van der Waals surface area (Å²) in [6, 6.07) is 15.7. The molecular formula is C22H14BrNO4S2. The smallest absolute Gasteiger partial charge is 0.335 e. The fourth-order valence-corrected chi connectivity index (χ4v) is 4.55. The van der Waals surface area contributed by atoms with Crippen molar-refractivity contribution in [2.24, 2.45) is 0 Å². The standard InChI is InChI=1S/C22H14BrNO4S2/c1-12-2-3-13(21(26)27)10-17(12)18-9-8-16(28-18)11-19-20(25)24(22(29)30-19)15-6-4-14(23)5-7-15/h2-11H,1H3,(H,26,27)/b19-11-. The van der Waals surface area contributed by atoms with Gasteiger partial charge in [-0.15, -0.1) is 0 Å². The van der Waals surface area contributed by atoms with E-state index < -0.39 is 5.97 Å². The average Bonchev–Trinajstić information content (AvgIpc) is 3.27. The molecule has 1 N–H and O–H groups in total. The van der Waals surface area contributed by atoms with E-state index in [-0.39, 0.29) is 11.5 Å². The van der Waals surface area contributed by atoms with E-state index in [1.54, 1.807) is 36.4 Å². The van der Waals surface area contributed by atoms with Crippen molar-refractivity contribution < 1.29 is 19.1 Å². The zero-order valence-corrected chi connectivity index (χ0v) is 18.8. The van der Waals surface area contributed by atoms with Crippen molar-refractivity contribution in [3.8, 4) is 11.3 Å². The summed E-state index contributed by atoms with van der Waals surface area (Å²) in [6.45, 7) is 1.88. The number of benzene rings is 2. The van der Waals surface area contributed by atoms with Crippen molar-refractivity contribution in [1.82, 2.24) is 0 Å². The van der Waals surface area contributed by atoms with Crippen LogP contribution in [0.15, 0.2) is 68.4 Å². The van der Waals surface area contributed by atoms with E-state index in [9.17, 15) is 14.7 Å². The number of nitrogens with zero attached hydrogens (tertiary/aromatic N) is 1. The Morgan fingerprint density at radius 1 is 1.17 bits per heavy atom. The number of amides is 1. The molecule has 0 atom stereocenters. The number of carboxylic acid groups (broad SMARTS) is 1. The summed E-state index contributed by atoms with van der Waals surface area (Å²) in [6.07, 6.45) is 1.65. The number of carbonyl (C=O) groups excluding carboxylic acids is 1. The third-order valence-electron chi connectivity index (χ3n) is 4.53. The number of carbonyl (C=O) groups is 2. The lowest BCUT2D eigenvalue weighted by Crippen LogP contribution is -2.27. The summed E-state index contributed by atoms with van der Waals surface area (Å²) in [5.74, 6) is -0.194. The van der Waals surface area contributed by atoms with Gasteiger partial charge < -0.3 is 9.52 Å². The van der Waals surface area contributed by atoms with Crippen molar-refractivity contribution in [3.05, 3.63) is 80.9 Å². The maximum absolute atomic E-state index is 12.9. The number of rotatable bonds is 4. The number of hydrogen-bond acceptors (Lipinski definition) is 5. The molecule has 1 saturated heterocycles. The van der Waals surface area contributed by atoms with Crippen LogP contribution in [0.4, 0.5) is 5.69 Å². The van der Waals surface area contributed by atoms with E-state index in [2.05, 4.69) is 15.9 Å². The van der Waals surface area contributed by atoms with Crippen LogP contribution in [0, 0.1) is 6.92 Å². The summed E-state index contributed by atoms with van der Waals surface area (Å²) in [5, 5.41) is 9.23.